The Kier molecular flexibility index (Phi) is 5.99. The summed E-state index contributed by atoms with van der Waals surface area (Å²) < 4.78 is 5.14. The number of rotatable bonds is 6. The minimum atomic E-state index is -0.257. The molecule has 1 N–H and O–H groups in total. The summed E-state index contributed by atoms with van der Waals surface area (Å²) in [6.07, 6.45) is 3.82. The number of amides is 1. The number of nitrogens with one attached hydrogen (secondary N) is 1. The van der Waals surface area contributed by atoms with Crippen LogP contribution in [0.4, 0.5) is 5.13 Å². The molecule has 0 saturated carbocycles. The molecule has 3 aromatic rings. The molecule has 1 heterocycles. The van der Waals surface area contributed by atoms with Gasteiger partial charge in [0, 0.05) is 17.5 Å². The number of aromatic nitrogens is 2. The van der Waals surface area contributed by atoms with E-state index in [1.807, 2.05) is 36.4 Å². The van der Waals surface area contributed by atoms with Crippen LogP contribution in [0, 0.1) is 0 Å². The number of anilines is 1. The number of benzene rings is 2. The Labute approximate surface area is 160 Å². The van der Waals surface area contributed by atoms with Crippen LogP contribution in [0.3, 0.4) is 0 Å². The van der Waals surface area contributed by atoms with Crippen LogP contribution in [0.1, 0.15) is 16.1 Å². The van der Waals surface area contributed by atoms with Gasteiger partial charge in [0.2, 0.25) is 11.0 Å². The van der Waals surface area contributed by atoms with Gasteiger partial charge in [0.05, 0.1) is 7.11 Å². The van der Waals surface area contributed by atoms with Crippen molar-refractivity contribution in [3.8, 4) is 5.75 Å². The van der Waals surface area contributed by atoms with E-state index in [2.05, 4.69) is 15.5 Å². The normalized spacial score (nSPS) is 10.8. The fraction of sp³-hybridized carbons (Fsp3) is 0.105. The molecule has 132 valence electrons. The number of nitrogens with zero attached hydrogens (tertiary/aromatic N) is 2. The van der Waals surface area contributed by atoms with Crippen LogP contribution in [0.25, 0.3) is 6.08 Å². The zero-order chi connectivity index (χ0) is 18.4. The van der Waals surface area contributed by atoms with Crippen molar-refractivity contribution in [1.29, 1.82) is 0 Å². The topological polar surface area (TPSA) is 64.1 Å². The maximum Gasteiger partial charge on any atom is 0.250 e. The molecule has 0 aliphatic carbocycles. The fourth-order valence-electron chi connectivity index (χ4n) is 2.19. The predicted molar refractivity (Wildman–Crippen MR) is 105 cm³/mol. The van der Waals surface area contributed by atoms with Gasteiger partial charge in [-0.25, -0.2) is 0 Å². The molecule has 0 aliphatic heterocycles. The lowest BCUT2D eigenvalue weighted by atomic mass is 10.1. The van der Waals surface area contributed by atoms with Gasteiger partial charge in [-0.2, -0.15) is 0 Å². The summed E-state index contributed by atoms with van der Waals surface area (Å²) in [5.74, 6) is 0.554. The molecule has 2 aromatic carbocycles. The quantitative estimate of drug-likeness (QED) is 0.637. The summed E-state index contributed by atoms with van der Waals surface area (Å²) in [5.41, 5.74) is 1.99. The average molecular weight is 386 g/mol. The van der Waals surface area contributed by atoms with Crippen molar-refractivity contribution in [2.45, 2.75) is 6.42 Å². The second-order valence-corrected chi connectivity index (χ2v) is 6.90. The number of carbonyl (C=O) groups excluding carboxylic acids is 1. The van der Waals surface area contributed by atoms with Crippen molar-refractivity contribution in [3.63, 3.8) is 0 Å². The van der Waals surface area contributed by atoms with E-state index >= 15 is 0 Å². The largest absolute Gasteiger partial charge is 0.497 e. The number of methoxy groups -OCH3 is 1. The lowest BCUT2D eigenvalue weighted by Crippen LogP contribution is -2.07. The molecule has 1 aromatic heterocycles. The molecular formula is C19H16ClN3O2S. The standard InChI is InChI=1S/C19H16ClN3O2S/c1-25-16-9-4-14(5-10-16)12-18-22-23-19(26-18)21-17(24)11-6-13-2-7-15(20)8-3-13/h2-11H,12H2,1H3,(H,21,23,24)/b11-6+. The van der Waals surface area contributed by atoms with Crippen molar-refractivity contribution >= 4 is 40.1 Å². The molecule has 3 rings (SSSR count). The first-order valence-corrected chi connectivity index (χ1v) is 9.02. The lowest BCUT2D eigenvalue weighted by molar-refractivity contribution is -0.111. The summed E-state index contributed by atoms with van der Waals surface area (Å²) in [6, 6.07) is 15.0. The van der Waals surface area contributed by atoms with Crippen LogP contribution in [-0.2, 0) is 11.2 Å². The highest BCUT2D eigenvalue weighted by Gasteiger charge is 2.07. The summed E-state index contributed by atoms with van der Waals surface area (Å²) in [6.45, 7) is 0. The minimum absolute atomic E-state index is 0.257. The molecular weight excluding hydrogens is 370 g/mol. The number of hydrogen-bond acceptors (Lipinski definition) is 5. The van der Waals surface area contributed by atoms with E-state index in [4.69, 9.17) is 16.3 Å². The van der Waals surface area contributed by atoms with Crippen LogP contribution < -0.4 is 10.1 Å². The van der Waals surface area contributed by atoms with Crippen molar-refractivity contribution in [3.05, 3.63) is 75.8 Å². The van der Waals surface area contributed by atoms with Crippen LogP contribution in [0.5, 0.6) is 5.75 Å². The number of ether oxygens (including phenoxy) is 1. The van der Waals surface area contributed by atoms with Crippen molar-refractivity contribution in [1.82, 2.24) is 10.2 Å². The van der Waals surface area contributed by atoms with E-state index in [1.54, 1.807) is 25.3 Å². The predicted octanol–water partition coefficient (Wildman–Crippen LogP) is 4.44. The Morgan fingerprint density at radius 2 is 1.88 bits per heavy atom. The summed E-state index contributed by atoms with van der Waals surface area (Å²) in [7, 11) is 1.64. The van der Waals surface area contributed by atoms with Gasteiger partial charge in [-0.3, -0.25) is 10.1 Å². The summed E-state index contributed by atoms with van der Waals surface area (Å²) in [4.78, 5) is 12.0. The van der Waals surface area contributed by atoms with Crippen LogP contribution >= 0.6 is 22.9 Å². The number of halogens is 1. The van der Waals surface area contributed by atoms with Crippen LogP contribution in [0.15, 0.2) is 54.6 Å². The fourth-order valence-corrected chi connectivity index (χ4v) is 3.09. The van der Waals surface area contributed by atoms with Gasteiger partial charge in [-0.15, -0.1) is 10.2 Å². The molecule has 0 spiro atoms. The zero-order valence-electron chi connectivity index (χ0n) is 14.0. The average Bonchev–Trinajstić information content (AvgIpc) is 3.08. The Balaban J connectivity index is 1.57. The Hall–Kier alpha value is -2.70. The van der Waals surface area contributed by atoms with Gasteiger partial charge >= 0.3 is 0 Å². The smallest absolute Gasteiger partial charge is 0.250 e. The molecule has 7 heteroatoms. The zero-order valence-corrected chi connectivity index (χ0v) is 15.6. The first kappa shape index (κ1) is 18.1. The maximum absolute atomic E-state index is 12.0. The third kappa shape index (κ3) is 5.15. The highest BCUT2D eigenvalue weighted by molar-refractivity contribution is 7.15. The highest BCUT2D eigenvalue weighted by Crippen LogP contribution is 2.20. The van der Waals surface area contributed by atoms with E-state index in [0.29, 0.717) is 16.6 Å². The third-order valence-corrected chi connectivity index (χ3v) is 4.60. The summed E-state index contributed by atoms with van der Waals surface area (Å²) >= 11 is 7.19. The molecule has 0 radical (unpaired) electrons. The third-order valence-electron chi connectivity index (χ3n) is 3.51. The van der Waals surface area contributed by atoms with Gasteiger partial charge in [0.15, 0.2) is 0 Å². The molecule has 1 amide bonds. The molecule has 0 unspecified atom stereocenters. The lowest BCUT2D eigenvalue weighted by Gasteiger charge is -2.00. The molecule has 0 aliphatic rings. The summed E-state index contributed by atoms with van der Waals surface area (Å²) in [5, 5.41) is 12.8. The van der Waals surface area contributed by atoms with Gasteiger partial charge in [0.1, 0.15) is 10.8 Å². The number of carbonyl (C=O) groups is 1. The van der Waals surface area contributed by atoms with Gasteiger partial charge < -0.3 is 4.74 Å². The van der Waals surface area contributed by atoms with Crippen molar-refractivity contribution < 1.29 is 9.53 Å². The van der Waals surface area contributed by atoms with E-state index < -0.39 is 0 Å². The maximum atomic E-state index is 12.0. The molecule has 0 fully saturated rings. The number of hydrogen-bond donors (Lipinski definition) is 1. The Bertz CT molecular complexity index is 905. The van der Waals surface area contributed by atoms with Crippen molar-refractivity contribution in [2.24, 2.45) is 0 Å². The second-order valence-electron chi connectivity index (χ2n) is 5.40. The van der Waals surface area contributed by atoms with E-state index in [9.17, 15) is 4.79 Å². The molecule has 0 atom stereocenters. The van der Waals surface area contributed by atoms with Crippen LogP contribution in [-0.4, -0.2) is 23.2 Å². The monoisotopic (exact) mass is 385 g/mol. The van der Waals surface area contributed by atoms with E-state index in [0.717, 1.165) is 21.9 Å². The second kappa shape index (κ2) is 8.60. The molecule has 0 bridgehead atoms. The van der Waals surface area contributed by atoms with E-state index in [-0.39, 0.29) is 5.91 Å². The first-order valence-electron chi connectivity index (χ1n) is 7.82. The Morgan fingerprint density at radius 1 is 1.15 bits per heavy atom. The molecule has 5 nitrogen and oxygen atoms in total. The van der Waals surface area contributed by atoms with Gasteiger partial charge in [-0.05, 0) is 41.5 Å². The first-order chi connectivity index (χ1) is 12.6. The SMILES string of the molecule is COc1ccc(Cc2nnc(NC(=O)/C=C/c3ccc(Cl)cc3)s2)cc1. The van der Waals surface area contributed by atoms with Gasteiger partial charge in [-0.1, -0.05) is 47.2 Å². The highest BCUT2D eigenvalue weighted by atomic mass is 35.5. The molecule has 0 saturated heterocycles. The van der Waals surface area contributed by atoms with Crippen molar-refractivity contribution in [2.75, 3.05) is 12.4 Å². The Morgan fingerprint density at radius 3 is 2.58 bits per heavy atom. The minimum Gasteiger partial charge on any atom is -0.497 e. The van der Waals surface area contributed by atoms with Gasteiger partial charge in [0.25, 0.3) is 0 Å². The van der Waals surface area contributed by atoms with E-state index in [1.165, 1.54) is 17.4 Å². The van der Waals surface area contributed by atoms with Crippen LogP contribution in [0.2, 0.25) is 5.02 Å². The molecule has 26 heavy (non-hydrogen) atoms.